The minimum absolute atomic E-state index is 0.0288. The van der Waals surface area contributed by atoms with Crippen molar-refractivity contribution in [2.75, 3.05) is 10.0 Å². The van der Waals surface area contributed by atoms with Crippen molar-refractivity contribution in [3.63, 3.8) is 0 Å². The van der Waals surface area contributed by atoms with E-state index in [2.05, 4.69) is 20.0 Å². The molecule has 2 N–H and O–H groups in total. The van der Waals surface area contributed by atoms with Crippen LogP contribution in [0.3, 0.4) is 0 Å². The Morgan fingerprint density at radius 3 is 2.35 bits per heavy atom. The Morgan fingerprint density at radius 2 is 1.65 bits per heavy atom. The summed E-state index contributed by atoms with van der Waals surface area (Å²) in [6, 6.07) is 13.8. The van der Waals surface area contributed by atoms with Crippen molar-refractivity contribution in [2.24, 2.45) is 0 Å². The lowest BCUT2D eigenvalue weighted by Gasteiger charge is -2.09. The average molecular weight is 389 g/mol. The van der Waals surface area contributed by atoms with Gasteiger partial charge in [0.1, 0.15) is 0 Å². The third-order valence-corrected chi connectivity index (χ3v) is 4.88. The highest BCUT2D eigenvalue weighted by Crippen LogP contribution is 2.19. The van der Waals surface area contributed by atoms with E-state index in [0.717, 1.165) is 0 Å². The number of carbonyl (C=O) groups is 1. The molecular weight excluding hydrogens is 376 g/mol. The molecule has 1 amide bonds. The zero-order chi connectivity index (χ0) is 18.6. The maximum atomic E-state index is 12.4. The predicted octanol–water partition coefficient (Wildman–Crippen LogP) is 3.18. The lowest BCUT2D eigenvalue weighted by Crippen LogP contribution is -2.16. The van der Waals surface area contributed by atoms with Crippen molar-refractivity contribution in [3.05, 3.63) is 77.6 Å². The van der Waals surface area contributed by atoms with Crippen LogP contribution in [0.5, 0.6) is 0 Å². The van der Waals surface area contributed by atoms with Crippen LogP contribution in [-0.2, 0) is 10.0 Å². The normalized spacial score (nSPS) is 11.0. The van der Waals surface area contributed by atoms with Crippen molar-refractivity contribution in [3.8, 4) is 0 Å². The molecule has 3 aromatic rings. The third-order valence-electron chi connectivity index (χ3n) is 3.30. The van der Waals surface area contributed by atoms with Crippen LogP contribution in [0.2, 0.25) is 5.02 Å². The Kier molecular flexibility index (Phi) is 5.15. The van der Waals surface area contributed by atoms with Crippen molar-refractivity contribution < 1.29 is 13.2 Å². The molecule has 7 nitrogen and oxygen atoms in total. The van der Waals surface area contributed by atoms with Crippen LogP contribution in [0.1, 0.15) is 10.4 Å². The minimum atomic E-state index is -3.89. The first-order valence-electron chi connectivity index (χ1n) is 7.41. The number of nitrogens with one attached hydrogen (secondary N) is 2. The number of halogens is 1. The van der Waals surface area contributed by atoms with Gasteiger partial charge in [-0.3, -0.25) is 4.79 Å². The van der Waals surface area contributed by atoms with E-state index in [9.17, 15) is 13.2 Å². The van der Waals surface area contributed by atoms with Crippen molar-refractivity contribution in [2.45, 2.75) is 4.90 Å². The van der Waals surface area contributed by atoms with Crippen LogP contribution in [0, 0.1) is 0 Å². The van der Waals surface area contributed by atoms with Gasteiger partial charge < -0.3 is 5.32 Å². The van der Waals surface area contributed by atoms with Gasteiger partial charge in [-0.15, -0.1) is 0 Å². The molecule has 0 unspecified atom stereocenters. The molecule has 132 valence electrons. The lowest BCUT2D eigenvalue weighted by atomic mass is 10.2. The van der Waals surface area contributed by atoms with E-state index >= 15 is 0 Å². The predicted molar refractivity (Wildman–Crippen MR) is 98.7 cm³/mol. The molecule has 0 aliphatic rings. The first kappa shape index (κ1) is 17.8. The van der Waals surface area contributed by atoms with Crippen LogP contribution in [0.15, 0.2) is 71.9 Å². The van der Waals surface area contributed by atoms with Crippen LogP contribution in [0.25, 0.3) is 0 Å². The Balaban J connectivity index is 1.79. The Hall–Kier alpha value is -2.97. The fraction of sp³-hybridized carbons (Fsp3) is 0. The number of rotatable bonds is 5. The highest BCUT2D eigenvalue weighted by atomic mass is 35.5. The van der Waals surface area contributed by atoms with Gasteiger partial charge in [0.05, 0.1) is 4.90 Å². The molecule has 1 heterocycles. The number of nitrogens with zero attached hydrogens (tertiary/aromatic N) is 2. The summed E-state index contributed by atoms with van der Waals surface area (Å²) in [5, 5.41) is 3.17. The fourth-order valence-corrected chi connectivity index (χ4v) is 3.21. The zero-order valence-corrected chi connectivity index (χ0v) is 14.8. The van der Waals surface area contributed by atoms with E-state index in [4.69, 9.17) is 11.6 Å². The molecule has 0 saturated carbocycles. The molecular formula is C17H13ClN4O3S. The number of hydrogen-bond donors (Lipinski definition) is 2. The summed E-state index contributed by atoms with van der Waals surface area (Å²) in [5.41, 5.74) is 0.736. The fourth-order valence-electron chi connectivity index (χ4n) is 2.08. The summed E-state index contributed by atoms with van der Waals surface area (Å²) in [6.45, 7) is 0. The Bertz CT molecular complexity index is 1030. The van der Waals surface area contributed by atoms with Gasteiger partial charge in [-0.05, 0) is 48.5 Å². The van der Waals surface area contributed by atoms with Gasteiger partial charge in [0.2, 0.25) is 5.95 Å². The molecule has 26 heavy (non-hydrogen) atoms. The average Bonchev–Trinajstić information content (AvgIpc) is 2.63. The van der Waals surface area contributed by atoms with Gasteiger partial charge in [0.25, 0.3) is 15.9 Å². The molecule has 0 atom stereocenters. The molecule has 0 aliphatic heterocycles. The molecule has 0 fully saturated rings. The summed E-state index contributed by atoms with van der Waals surface area (Å²) in [6.07, 6.45) is 2.85. The maximum absolute atomic E-state index is 12.4. The molecule has 0 aliphatic carbocycles. The smallest absolute Gasteiger partial charge is 0.264 e. The summed E-state index contributed by atoms with van der Waals surface area (Å²) < 4.78 is 27.1. The Labute approximate surface area is 155 Å². The number of amides is 1. The molecule has 0 bridgehead atoms. The summed E-state index contributed by atoms with van der Waals surface area (Å²) >= 11 is 5.80. The number of anilines is 2. The number of sulfonamides is 1. The van der Waals surface area contributed by atoms with E-state index in [1.165, 1.54) is 30.6 Å². The largest absolute Gasteiger partial charge is 0.322 e. The summed E-state index contributed by atoms with van der Waals surface area (Å²) in [4.78, 5) is 19.9. The zero-order valence-electron chi connectivity index (χ0n) is 13.3. The van der Waals surface area contributed by atoms with Gasteiger partial charge >= 0.3 is 0 Å². The van der Waals surface area contributed by atoms with Gasteiger partial charge in [0, 0.05) is 28.7 Å². The summed E-state index contributed by atoms with van der Waals surface area (Å²) in [5.74, 6) is -0.418. The first-order valence-corrected chi connectivity index (χ1v) is 9.27. The molecule has 0 saturated heterocycles. The minimum Gasteiger partial charge on any atom is -0.322 e. The SMILES string of the molecule is O=C(Nc1cccc(S(=O)(=O)Nc2ncccn2)c1)c1ccc(Cl)cc1. The van der Waals surface area contributed by atoms with Gasteiger partial charge in [-0.25, -0.2) is 23.1 Å². The molecule has 3 rings (SSSR count). The standard InChI is InChI=1S/C17H13ClN4O3S/c18-13-7-5-12(6-8-13)16(23)21-14-3-1-4-15(11-14)26(24,25)22-17-19-9-2-10-20-17/h1-11H,(H,21,23)(H,19,20,22). The second kappa shape index (κ2) is 7.51. The summed E-state index contributed by atoms with van der Waals surface area (Å²) in [7, 11) is -3.89. The quantitative estimate of drug-likeness (QED) is 0.699. The van der Waals surface area contributed by atoms with Gasteiger partial charge in [0.15, 0.2) is 0 Å². The molecule has 2 aromatic carbocycles. The van der Waals surface area contributed by atoms with Crippen molar-refractivity contribution in [1.82, 2.24) is 9.97 Å². The van der Waals surface area contributed by atoms with Crippen LogP contribution in [-0.4, -0.2) is 24.3 Å². The maximum Gasteiger partial charge on any atom is 0.264 e. The second-order valence-electron chi connectivity index (χ2n) is 5.17. The van der Waals surface area contributed by atoms with Crippen LogP contribution < -0.4 is 10.0 Å². The topological polar surface area (TPSA) is 101 Å². The van der Waals surface area contributed by atoms with Crippen LogP contribution >= 0.6 is 11.6 Å². The van der Waals surface area contributed by atoms with Crippen molar-refractivity contribution >= 4 is 39.2 Å². The highest BCUT2D eigenvalue weighted by molar-refractivity contribution is 7.92. The number of benzene rings is 2. The first-order chi connectivity index (χ1) is 12.4. The second-order valence-corrected chi connectivity index (χ2v) is 7.29. The lowest BCUT2D eigenvalue weighted by molar-refractivity contribution is 0.102. The van der Waals surface area contributed by atoms with E-state index in [-0.39, 0.29) is 16.8 Å². The van der Waals surface area contributed by atoms with E-state index in [1.807, 2.05) is 0 Å². The molecule has 0 spiro atoms. The molecule has 9 heteroatoms. The van der Waals surface area contributed by atoms with E-state index in [0.29, 0.717) is 16.3 Å². The van der Waals surface area contributed by atoms with Crippen LogP contribution in [0.4, 0.5) is 11.6 Å². The van der Waals surface area contributed by atoms with Gasteiger partial charge in [-0.1, -0.05) is 17.7 Å². The van der Waals surface area contributed by atoms with E-state index < -0.39 is 10.0 Å². The number of hydrogen-bond acceptors (Lipinski definition) is 5. The van der Waals surface area contributed by atoms with E-state index in [1.54, 1.807) is 36.4 Å². The number of carbonyl (C=O) groups excluding carboxylic acids is 1. The molecule has 1 aromatic heterocycles. The molecule has 0 radical (unpaired) electrons. The van der Waals surface area contributed by atoms with Crippen molar-refractivity contribution in [1.29, 1.82) is 0 Å². The number of aromatic nitrogens is 2. The highest BCUT2D eigenvalue weighted by Gasteiger charge is 2.16. The monoisotopic (exact) mass is 388 g/mol. The van der Waals surface area contributed by atoms with Gasteiger partial charge in [-0.2, -0.15) is 0 Å². The Morgan fingerprint density at radius 1 is 0.962 bits per heavy atom. The third kappa shape index (κ3) is 4.35.